The average molecular weight is 634 g/mol. The Morgan fingerprint density at radius 2 is 1.00 bits per heavy atom. The monoisotopic (exact) mass is 633 g/mol. The first-order chi connectivity index (χ1) is 19.9. The van der Waals surface area contributed by atoms with Gasteiger partial charge < -0.3 is 30.0 Å². The van der Waals surface area contributed by atoms with Gasteiger partial charge in [-0.25, -0.2) is 0 Å². The molecule has 0 atom stereocenters. The number of carbonyl (C=O) groups is 2. The number of aliphatic carboxylic acids is 2. The van der Waals surface area contributed by atoms with Crippen LogP contribution >= 0.6 is 0 Å². The maximum atomic E-state index is 10.4. The molecule has 9 heteroatoms. The van der Waals surface area contributed by atoms with Crippen LogP contribution in [0, 0.1) is 13.8 Å². The van der Waals surface area contributed by atoms with Crippen molar-refractivity contribution in [2.75, 3.05) is 0 Å². The third-order valence-electron chi connectivity index (χ3n) is 5.97. The molecule has 0 fully saturated rings. The van der Waals surface area contributed by atoms with Crippen LogP contribution in [0.3, 0.4) is 0 Å². The van der Waals surface area contributed by atoms with Gasteiger partial charge in [-0.2, -0.15) is 0 Å². The number of carboxylic acids is 2. The van der Waals surface area contributed by atoms with E-state index >= 15 is 0 Å². The van der Waals surface area contributed by atoms with Crippen molar-refractivity contribution < 1.29 is 46.8 Å². The molecule has 3 aromatic rings. The maximum Gasteiger partial charge on any atom is 2.00 e. The van der Waals surface area contributed by atoms with Gasteiger partial charge in [0.15, 0.2) is 0 Å². The van der Waals surface area contributed by atoms with Crippen LogP contribution in [0.25, 0.3) is 0 Å². The molecule has 0 spiro atoms. The Balaban J connectivity index is 0.00000174. The first kappa shape index (κ1) is 39.0. The average Bonchev–Trinajstić information content (AvgIpc) is 2.92. The van der Waals surface area contributed by atoms with E-state index in [1.807, 2.05) is 62.4 Å². The van der Waals surface area contributed by atoms with Crippen molar-refractivity contribution in [2.24, 2.45) is 9.98 Å². The van der Waals surface area contributed by atoms with Gasteiger partial charge in [0.25, 0.3) is 0 Å². The molecule has 2 N–H and O–H groups in total. The normalized spacial score (nSPS) is 10.4. The second-order valence-corrected chi connectivity index (χ2v) is 9.92. The number of benzene rings is 3. The Labute approximate surface area is 265 Å². The van der Waals surface area contributed by atoms with Gasteiger partial charge in [-0.1, -0.05) is 38.8 Å². The summed E-state index contributed by atoms with van der Waals surface area (Å²) in [7, 11) is 0. The number of phenolic OH excluding ortho intramolecular Hbond substituents is 2. The molecule has 0 unspecified atom stereocenters. The molecule has 3 rings (SSSR count). The number of aryl methyl sites for hydroxylation is 4. The maximum absolute atomic E-state index is 10.4. The van der Waals surface area contributed by atoms with Crippen molar-refractivity contribution in [3.8, 4) is 11.5 Å². The van der Waals surface area contributed by atoms with E-state index in [0.717, 1.165) is 86.0 Å². The van der Waals surface area contributed by atoms with Crippen molar-refractivity contribution in [2.45, 2.75) is 80.1 Å². The van der Waals surface area contributed by atoms with E-state index < -0.39 is 11.9 Å². The number of hydrogen-bond acceptors (Lipinski definition) is 8. The van der Waals surface area contributed by atoms with Crippen LogP contribution in [0.2, 0.25) is 0 Å². The van der Waals surface area contributed by atoms with Crippen molar-refractivity contribution in [3.05, 3.63) is 81.9 Å². The van der Waals surface area contributed by atoms with Crippen LogP contribution in [-0.4, -0.2) is 34.6 Å². The van der Waals surface area contributed by atoms with Crippen molar-refractivity contribution in [3.63, 3.8) is 0 Å². The number of aliphatic imine (C=N–C) groups is 2. The molecule has 0 aromatic heterocycles. The quantitative estimate of drug-likeness (QED) is 0.286. The summed E-state index contributed by atoms with van der Waals surface area (Å²) >= 11 is 0. The van der Waals surface area contributed by atoms with Gasteiger partial charge in [-0.3, -0.25) is 9.98 Å². The fourth-order valence-corrected chi connectivity index (χ4v) is 3.93. The van der Waals surface area contributed by atoms with Gasteiger partial charge in [0.05, 0.1) is 11.4 Å². The molecule has 0 bridgehead atoms. The van der Waals surface area contributed by atoms with Crippen molar-refractivity contribution in [1.82, 2.24) is 0 Å². The van der Waals surface area contributed by atoms with Crippen molar-refractivity contribution in [1.29, 1.82) is 0 Å². The van der Waals surface area contributed by atoms with E-state index in [0.29, 0.717) is 0 Å². The smallest absolute Gasteiger partial charge is 0.550 e. The molecular weight excluding hydrogens is 591 g/mol. The summed E-state index contributed by atoms with van der Waals surface area (Å²) in [6.45, 7) is 10.1. The Kier molecular flexibility index (Phi) is 18.9. The fourth-order valence-electron chi connectivity index (χ4n) is 3.93. The summed E-state index contributed by atoms with van der Waals surface area (Å²) in [5.41, 5.74) is 7.24. The first-order valence-corrected chi connectivity index (χ1v) is 14.1. The number of unbranched alkanes of at least 4 members (excludes halogenated alkanes) is 2. The number of hydrogen-bond donors (Lipinski definition) is 2. The Hall–Kier alpha value is -3.95. The zero-order valence-electron chi connectivity index (χ0n) is 25.8. The van der Waals surface area contributed by atoms with E-state index in [1.54, 1.807) is 12.4 Å². The minimum atomic E-state index is -1.08. The predicted octanol–water partition coefficient (Wildman–Crippen LogP) is 5.41. The summed E-state index contributed by atoms with van der Waals surface area (Å²) in [4.78, 5) is 26.9. The van der Waals surface area contributed by atoms with E-state index in [4.69, 9.17) is 19.8 Å². The van der Waals surface area contributed by atoms with Gasteiger partial charge in [0.2, 0.25) is 0 Å². The summed E-state index contributed by atoms with van der Waals surface area (Å²) in [6, 6.07) is 15.7. The van der Waals surface area contributed by atoms with Gasteiger partial charge in [0.1, 0.15) is 11.5 Å². The second kappa shape index (κ2) is 20.8. The fraction of sp³-hybridized carbons (Fsp3) is 0.353. The van der Waals surface area contributed by atoms with Crippen LogP contribution in [-0.2, 0) is 39.2 Å². The van der Waals surface area contributed by atoms with Crippen LogP contribution in [0.5, 0.6) is 11.5 Å². The summed E-state index contributed by atoms with van der Waals surface area (Å²) in [5.74, 6) is -1.61. The zero-order chi connectivity index (χ0) is 31.7. The molecule has 0 amide bonds. The summed E-state index contributed by atoms with van der Waals surface area (Å²) in [5, 5.41) is 38.6. The topological polar surface area (TPSA) is 145 Å². The minimum absolute atomic E-state index is 0. The molecule has 0 aliphatic carbocycles. The van der Waals surface area contributed by atoms with E-state index in [1.165, 1.54) is 11.1 Å². The Morgan fingerprint density at radius 3 is 1.28 bits per heavy atom. The first-order valence-electron chi connectivity index (χ1n) is 14.1. The molecule has 0 aliphatic heterocycles. The molecule has 0 aliphatic rings. The number of phenols is 2. The largest absolute Gasteiger partial charge is 2.00 e. The van der Waals surface area contributed by atoms with Gasteiger partial charge >= 0.3 is 16.8 Å². The molecule has 0 saturated heterocycles. The summed E-state index contributed by atoms with van der Waals surface area (Å²) in [6.07, 6.45) is 9.98. The Morgan fingerprint density at radius 1 is 0.698 bits per heavy atom. The van der Waals surface area contributed by atoms with E-state index in [9.17, 15) is 10.2 Å². The van der Waals surface area contributed by atoms with Gasteiger partial charge in [-0.05, 0) is 112 Å². The molecule has 0 saturated carbocycles. The number of nitrogens with zero attached hydrogens (tertiary/aromatic N) is 2. The number of aromatic hydroxyl groups is 2. The standard InChI is InChI=1S/C30H36N2O2.2C2H4O2.Co/c1-5-7-9-23-15-21(3)29(33)25(17-23)19-31-27-11-13-28(14-12-27)32-20-26-18-24(10-8-6-2)16-22(4)30(26)34;2*1-2(3)4;/h11-20,33-34H,5-10H2,1-4H3;2*1H3,(H,3,4);/q;;;+2/p-2. The third-order valence-corrected chi connectivity index (χ3v) is 5.97. The molecule has 43 heavy (non-hydrogen) atoms. The van der Waals surface area contributed by atoms with Crippen LogP contribution < -0.4 is 10.2 Å². The second-order valence-electron chi connectivity index (χ2n) is 9.92. The van der Waals surface area contributed by atoms with Crippen LogP contribution in [0.4, 0.5) is 11.4 Å². The number of rotatable bonds is 10. The van der Waals surface area contributed by atoms with E-state index in [2.05, 4.69) is 23.8 Å². The summed E-state index contributed by atoms with van der Waals surface area (Å²) < 4.78 is 0. The van der Waals surface area contributed by atoms with Gasteiger partial charge in [-0.15, -0.1) is 0 Å². The van der Waals surface area contributed by atoms with Crippen LogP contribution in [0.15, 0.2) is 58.5 Å². The van der Waals surface area contributed by atoms with Crippen molar-refractivity contribution >= 4 is 35.7 Å². The molecule has 0 heterocycles. The molecule has 1 radical (unpaired) electrons. The molecule has 233 valence electrons. The van der Waals surface area contributed by atoms with Gasteiger partial charge in [0, 0.05) is 35.5 Å². The Bertz CT molecular complexity index is 1260. The SMILES string of the molecule is CC(=O)[O-].CC(=O)[O-].CCCCc1cc(C)c(O)c(C=Nc2ccc(N=Cc3cc(CCCC)cc(C)c3O)cc2)c1.[Co+2]. The number of carboxylic acid groups (broad SMARTS) is 2. The third kappa shape index (κ3) is 15.7. The number of carbonyl (C=O) groups excluding carboxylic acids is 2. The molecule has 3 aromatic carbocycles. The zero-order valence-corrected chi connectivity index (χ0v) is 26.8. The van der Waals surface area contributed by atoms with Crippen LogP contribution in [0.1, 0.15) is 86.8 Å². The van der Waals surface area contributed by atoms with E-state index in [-0.39, 0.29) is 28.3 Å². The minimum Gasteiger partial charge on any atom is -0.550 e. The molecule has 8 nitrogen and oxygen atoms in total. The predicted molar refractivity (Wildman–Crippen MR) is 165 cm³/mol. The molecular formula is C34H42CoN2O6.